The second kappa shape index (κ2) is 10.4. The monoisotopic (exact) mass is 479 g/mol. The molecule has 33 heavy (non-hydrogen) atoms. The maximum Gasteiger partial charge on any atom is 0.339 e. The lowest BCUT2D eigenvalue weighted by atomic mass is 10.2. The number of aromatic nitrogens is 3. The summed E-state index contributed by atoms with van der Waals surface area (Å²) < 4.78 is 5.61. The van der Waals surface area contributed by atoms with E-state index in [1.807, 2.05) is 25.2 Å². The Hall–Kier alpha value is -3.50. The van der Waals surface area contributed by atoms with Gasteiger partial charge in [-0.2, -0.15) is 4.98 Å². The molecule has 0 saturated carbocycles. The van der Waals surface area contributed by atoms with E-state index < -0.39 is 5.97 Å². The number of para-hydroxylation sites is 1. The minimum absolute atomic E-state index is 0.120. The maximum atomic E-state index is 12.6. The molecule has 0 atom stereocenters. The largest absolute Gasteiger partial charge is 0.465 e. The standard InChI is InChI=1S/C23H21N5O3S2/c1-28(12-15-8-4-3-5-9-15)23-27-20-19(33-23)21(25-14-24-20)32-13-18(29)26-17-11-7-6-10-16(17)22(30)31-2/h3-11,14H,12-13H2,1-2H3,(H,26,29). The Morgan fingerprint density at radius 2 is 1.85 bits per heavy atom. The molecule has 0 aliphatic carbocycles. The zero-order chi connectivity index (χ0) is 23.2. The Labute approximate surface area is 199 Å². The summed E-state index contributed by atoms with van der Waals surface area (Å²) in [6, 6.07) is 16.9. The normalized spacial score (nSPS) is 10.7. The van der Waals surface area contributed by atoms with Crippen molar-refractivity contribution in [3.05, 3.63) is 72.1 Å². The number of carbonyl (C=O) groups excluding carboxylic acids is 2. The summed E-state index contributed by atoms with van der Waals surface area (Å²) in [7, 11) is 3.29. The van der Waals surface area contributed by atoms with E-state index in [1.54, 1.807) is 24.3 Å². The van der Waals surface area contributed by atoms with E-state index in [0.29, 0.717) is 21.9 Å². The lowest BCUT2D eigenvalue weighted by Gasteiger charge is -2.15. The highest BCUT2D eigenvalue weighted by atomic mass is 32.2. The summed E-state index contributed by atoms with van der Waals surface area (Å²) in [5.41, 5.74) is 2.49. The van der Waals surface area contributed by atoms with Gasteiger partial charge in [-0.05, 0) is 17.7 Å². The van der Waals surface area contributed by atoms with Crippen molar-refractivity contribution in [2.45, 2.75) is 11.6 Å². The van der Waals surface area contributed by atoms with Gasteiger partial charge in [0, 0.05) is 13.6 Å². The van der Waals surface area contributed by atoms with Crippen molar-refractivity contribution in [1.29, 1.82) is 0 Å². The van der Waals surface area contributed by atoms with Gasteiger partial charge in [-0.3, -0.25) is 4.79 Å². The van der Waals surface area contributed by atoms with Gasteiger partial charge in [0.2, 0.25) is 5.91 Å². The Bertz CT molecular complexity index is 1280. The molecule has 168 valence electrons. The minimum Gasteiger partial charge on any atom is -0.465 e. The van der Waals surface area contributed by atoms with Crippen molar-refractivity contribution in [3.63, 3.8) is 0 Å². The zero-order valence-electron chi connectivity index (χ0n) is 18.0. The van der Waals surface area contributed by atoms with Gasteiger partial charge in [-0.25, -0.2) is 14.8 Å². The van der Waals surface area contributed by atoms with Gasteiger partial charge in [-0.1, -0.05) is 65.6 Å². The molecule has 0 saturated heterocycles. The summed E-state index contributed by atoms with van der Waals surface area (Å²) in [5.74, 6) is -0.642. The highest BCUT2D eigenvalue weighted by Crippen LogP contribution is 2.33. The number of hydrogen-bond acceptors (Lipinski definition) is 9. The lowest BCUT2D eigenvalue weighted by Crippen LogP contribution is -2.17. The van der Waals surface area contributed by atoms with Crippen molar-refractivity contribution in [1.82, 2.24) is 15.0 Å². The third-order valence-electron chi connectivity index (χ3n) is 4.68. The van der Waals surface area contributed by atoms with Crippen LogP contribution in [-0.4, -0.2) is 46.7 Å². The fraction of sp³-hybridized carbons (Fsp3) is 0.174. The second-order valence-electron chi connectivity index (χ2n) is 7.04. The molecule has 4 rings (SSSR count). The molecule has 0 aliphatic rings. The van der Waals surface area contributed by atoms with Crippen LogP contribution < -0.4 is 10.2 Å². The van der Waals surface area contributed by atoms with Crippen molar-refractivity contribution in [3.8, 4) is 0 Å². The van der Waals surface area contributed by atoms with Crippen LogP contribution in [0.15, 0.2) is 66.0 Å². The van der Waals surface area contributed by atoms with Crippen LogP contribution in [0.25, 0.3) is 10.3 Å². The van der Waals surface area contributed by atoms with Crippen LogP contribution in [0.1, 0.15) is 15.9 Å². The highest BCUT2D eigenvalue weighted by molar-refractivity contribution is 8.00. The van der Waals surface area contributed by atoms with Crippen LogP contribution in [0.2, 0.25) is 0 Å². The van der Waals surface area contributed by atoms with Crippen molar-refractivity contribution >= 4 is 56.1 Å². The van der Waals surface area contributed by atoms with E-state index in [9.17, 15) is 9.59 Å². The molecule has 10 heteroatoms. The third kappa shape index (κ3) is 5.47. The fourth-order valence-corrected chi connectivity index (χ4v) is 4.96. The Kier molecular flexibility index (Phi) is 7.16. The number of fused-ring (bicyclic) bond motifs is 1. The number of thiazole rings is 1. The van der Waals surface area contributed by atoms with E-state index in [4.69, 9.17) is 4.74 Å². The summed E-state index contributed by atoms with van der Waals surface area (Å²) in [6.45, 7) is 0.721. The molecule has 0 unspecified atom stereocenters. The zero-order valence-corrected chi connectivity index (χ0v) is 19.7. The van der Waals surface area contributed by atoms with E-state index in [1.165, 1.54) is 42.1 Å². The van der Waals surface area contributed by atoms with Crippen LogP contribution in [-0.2, 0) is 16.1 Å². The Morgan fingerprint density at radius 1 is 1.09 bits per heavy atom. The number of rotatable bonds is 8. The predicted molar refractivity (Wildman–Crippen MR) is 131 cm³/mol. The average molecular weight is 480 g/mol. The average Bonchev–Trinajstić information content (AvgIpc) is 3.28. The molecule has 2 aromatic carbocycles. The first-order valence-electron chi connectivity index (χ1n) is 10.0. The smallest absolute Gasteiger partial charge is 0.339 e. The van der Waals surface area contributed by atoms with Crippen molar-refractivity contribution in [2.24, 2.45) is 0 Å². The van der Waals surface area contributed by atoms with Gasteiger partial charge in [-0.15, -0.1) is 0 Å². The molecular weight excluding hydrogens is 458 g/mol. The van der Waals surface area contributed by atoms with E-state index in [2.05, 4.69) is 37.3 Å². The van der Waals surface area contributed by atoms with Gasteiger partial charge in [0.05, 0.1) is 24.1 Å². The molecule has 0 radical (unpaired) electrons. The molecular formula is C23H21N5O3S2. The molecule has 0 bridgehead atoms. The number of anilines is 2. The lowest BCUT2D eigenvalue weighted by molar-refractivity contribution is -0.113. The topological polar surface area (TPSA) is 97.3 Å². The quantitative estimate of drug-likeness (QED) is 0.228. The molecule has 4 aromatic rings. The SMILES string of the molecule is COC(=O)c1ccccc1NC(=O)CSc1ncnc2nc(N(C)Cc3ccccc3)sc12. The number of thioether (sulfide) groups is 1. The first kappa shape index (κ1) is 22.7. The second-order valence-corrected chi connectivity index (χ2v) is 8.99. The maximum absolute atomic E-state index is 12.6. The number of hydrogen-bond donors (Lipinski definition) is 1. The first-order chi connectivity index (χ1) is 16.0. The number of ether oxygens (including phenoxy) is 1. The molecule has 8 nitrogen and oxygen atoms in total. The third-order valence-corrected chi connectivity index (χ3v) is 6.97. The number of nitrogens with zero attached hydrogens (tertiary/aromatic N) is 4. The number of carbonyl (C=O) groups is 2. The number of esters is 1. The van der Waals surface area contributed by atoms with Crippen LogP contribution in [0.5, 0.6) is 0 Å². The molecule has 1 amide bonds. The van der Waals surface area contributed by atoms with E-state index in [-0.39, 0.29) is 11.7 Å². The molecule has 2 aromatic heterocycles. The molecule has 0 fully saturated rings. The molecule has 2 heterocycles. The molecule has 0 aliphatic heterocycles. The van der Waals surface area contributed by atoms with Gasteiger partial charge in [0.15, 0.2) is 10.8 Å². The van der Waals surface area contributed by atoms with E-state index in [0.717, 1.165) is 16.4 Å². The summed E-state index contributed by atoms with van der Waals surface area (Å²) in [5, 5.41) is 4.29. The first-order valence-corrected chi connectivity index (χ1v) is 11.8. The summed E-state index contributed by atoms with van der Waals surface area (Å²) in [6.07, 6.45) is 1.45. The van der Waals surface area contributed by atoms with Crippen LogP contribution >= 0.6 is 23.1 Å². The molecule has 0 spiro atoms. The van der Waals surface area contributed by atoms with Crippen molar-refractivity contribution < 1.29 is 14.3 Å². The van der Waals surface area contributed by atoms with Gasteiger partial charge < -0.3 is 15.0 Å². The van der Waals surface area contributed by atoms with E-state index >= 15 is 0 Å². The molecule has 1 N–H and O–H groups in total. The van der Waals surface area contributed by atoms with Crippen LogP contribution in [0, 0.1) is 0 Å². The number of amides is 1. The van der Waals surface area contributed by atoms with Gasteiger partial charge in [0.25, 0.3) is 0 Å². The fourth-order valence-electron chi connectivity index (χ4n) is 3.11. The minimum atomic E-state index is -0.507. The van der Waals surface area contributed by atoms with Gasteiger partial charge in [0.1, 0.15) is 16.1 Å². The highest BCUT2D eigenvalue weighted by Gasteiger charge is 2.17. The Balaban J connectivity index is 1.45. The number of nitrogens with one attached hydrogen (secondary N) is 1. The number of methoxy groups -OCH3 is 1. The van der Waals surface area contributed by atoms with Crippen molar-refractivity contribution in [2.75, 3.05) is 30.1 Å². The van der Waals surface area contributed by atoms with Crippen LogP contribution in [0.4, 0.5) is 10.8 Å². The van der Waals surface area contributed by atoms with Gasteiger partial charge >= 0.3 is 5.97 Å². The number of benzene rings is 2. The summed E-state index contributed by atoms with van der Waals surface area (Å²) >= 11 is 2.79. The Morgan fingerprint density at radius 3 is 2.64 bits per heavy atom. The predicted octanol–water partition coefficient (Wildman–Crippen LogP) is 4.24. The van der Waals surface area contributed by atoms with Crippen LogP contribution in [0.3, 0.4) is 0 Å². The summed E-state index contributed by atoms with van der Waals surface area (Å²) in [4.78, 5) is 39.8.